The molecule has 0 saturated carbocycles. The van der Waals surface area contributed by atoms with E-state index in [1.807, 2.05) is 12.1 Å². The maximum Gasteiger partial charge on any atom is 0.406 e. The minimum atomic E-state index is -4.41. The Hall–Kier alpha value is -2.81. The Morgan fingerprint density at radius 2 is 0.880 bits per heavy atom. The van der Waals surface area contributed by atoms with Gasteiger partial charge in [0.25, 0.3) is 0 Å². The van der Waals surface area contributed by atoms with Crippen molar-refractivity contribution in [3.63, 3.8) is 0 Å². The summed E-state index contributed by atoms with van der Waals surface area (Å²) in [6.45, 7) is 0. The fourth-order valence-corrected chi connectivity index (χ4v) is 3.64. The number of allylic oxidation sites excluding steroid dienone is 2. The molecular formula is C22H15F3. The maximum atomic E-state index is 14.4. The third kappa shape index (κ3) is 2.30. The summed E-state index contributed by atoms with van der Waals surface area (Å²) in [5.41, 5.74) is 0.137. The predicted molar refractivity (Wildman–Crippen MR) is 93.9 cm³/mol. The average Bonchev–Trinajstić information content (AvgIpc) is 3.36. The monoisotopic (exact) mass is 336 g/mol. The van der Waals surface area contributed by atoms with E-state index in [4.69, 9.17) is 0 Å². The van der Waals surface area contributed by atoms with Crippen LogP contribution in [0.2, 0.25) is 0 Å². The fourth-order valence-electron chi connectivity index (χ4n) is 3.64. The molecule has 0 amide bonds. The van der Waals surface area contributed by atoms with Crippen LogP contribution in [0.3, 0.4) is 0 Å². The average molecular weight is 336 g/mol. The van der Waals surface area contributed by atoms with Crippen LogP contribution in [0.15, 0.2) is 91.0 Å². The molecule has 0 fully saturated rings. The van der Waals surface area contributed by atoms with Crippen LogP contribution < -0.4 is 0 Å². The van der Waals surface area contributed by atoms with Crippen LogP contribution in [0.5, 0.6) is 0 Å². The summed E-state index contributed by atoms with van der Waals surface area (Å²) in [5.74, 6) is 0. The Labute approximate surface area is 144 Å². The van der Waals surface area contributed by atoms with Crippen molar-refractivity contribution in [2.75, 3.05) is 0 Å². The molecule has 0 atom stereocenters. The summed E-state index contributed by atoms with van der Waals surface area (Å²) >= 11 is 0. The fraction of sp³-hybridized carbons (Fsp3) is 0.0909. The summed E-state index contributed by atoms with van der Waals surface area (Å²) in [5, 5.41) is 0. The molecule has 0 N–H and O–H groups in total. The molecular weight excluding hydrogens is 321 g/mol. The lowest BCUT2D eigenvalue weighted by Crippen LogP contribution is -2.33. The van der Waals surface area contributed by atoms with Crippen LogP contribution >= 0.6 is 0 Å². The van der Waals surface area contributed by atoms with Gasteiger partial charge in [0.15, 0.2) is 0 Å². The highest BCUT2D eigenvalue weighted by Gasteiger charge is 2.71. The van der Waals surface area contributed by atoms with Crippen LogP contribution in [0, 0.1) is 0 Å². The second-order valence-electron chi connectivity index (χ2n) is 6.10. The predicted octanol–water partition coefficient (Wildman–Crippen LogP) is 6.11. The molecule has 124 valence electrons. The lowest BCUT2D eigenvalue weighted by molar-refractivity contribution is -0.149. The molecule has 0 nitrogen and oxygen atoms in total. The molecule has 4 rings (SSSR count). The largest absolute Gasteiger partial charge is 0.406 e. The second-order valence-corrected chi connectivity index (χ2v) is 6.10. The molecule has 0 aliphatic heterocycles. The number of benzene rings is 3. The van der Waals surface area contributed by atoms with Crippen molar-refractivity contribution in [2.24, 2.45) is 0 Å². The summed E-state index contributed by atoms with van der Waals surface area (Å²) in [7, 11) is 0. The maximum absolute atomic E-state index is 14.4. The standard InChI is InChI=1S/C22H15F3/c23-22(24,25)21(18-14-8-3-9-15-18)19(16-10-4-1-5-11-16)20(21)17-12-6-2-7-13-17/h1-15H. The molecule has 25 heavy (non-hydrogen) atoms. The zero-order valence-electron chi connectivity index (χ0n) is 13.3. The van der Waals surface area contributed by atoms with Crippen molar-refractivity contribution in [1.29, 1.82) is 0 Å². The highest BCUT2D eigenvalue weighted by molar-refractivity contribution is 6.20. The number of alkyl halides is 3. The summed E-state index contributed by atoms with van der Waals surface area (Å²) in [4.78, 5) is 0. The first-order valence-corrected chi connectivity index (χ1v) is 8.05. The van der Waals surface area contributed by atoms with Gasteiger partial charge in [0.2, 0.25) is 0 Å². The molecule has 0 radical (unpaired) electrons. The van der Waals surface area contributed by atoms with E-state index in [0.717, 1.165) is 0 Å². The van der Waals surface area contributed by atoms with Crippen molar-refractivity contribution in [3.05, 3.63) is 108 Å². The minimum Gasteiger partial charge on any atom is -0.169 e. The molecule has 1 aliphatic rings. The van der Waals surface area contributed by atoms with Crippen molar-refractivity contribution in [3.8, 4) is 0 Å². The van der Waals surface area contributed by atoms with Gasteiger partial charge in [0.1, 0.15) is 5.41 Å². The Bertz CT molecular complexity index is 858. The van der Waals surface area contributed by atoms with Gasteiger partial charge in [-0.05, 0) is 27.8 Å². The Morgan fingerprint density at radius 1 is 0.520 bits per heavy atom. The van der Waals surface area contributed by atoms with Gasteiger partial charge in [-0.25, -0.2) is 0 Å². The van der Waals surface area contributed by atoms with Crippen LogP contribution in [0.25, 0.3) is 11.1 Å². The van der Waals surface area contributed by atoms with Crippen molar-refractivity contribution in [2.45, 2.75) is 11.6 Å². The molecule has 1 aliphatic carbocycles. The lowest BCUT2D eigenvalue weighted by atomic mass is 9.84. The van der Waals surface area contributed by atoms with E-state index in [-0.39, 0.29) is 5.56 Å². The summed E-state index contributed by atoms with van der Waals surface area (Å²) in [6.07, 6.45) is -4.41. The van der Waals surface area contributed by atoms with E-state index in [1.54, 1.807) is 78.9 Å². The summed E-state index contributed by atoms with van der Waals surface area (Å²) < 4.78 is 43.2. The van der Waals surface area contributed by atoms with Gasteiger partial charge in [0, 0.05) is 0 Å². The molecule has 0 heterocycles. The van der Waals surface area contributed by atoms with Crippen molar-refractivity contribution in [1.82, 2.24) is 0 Å². The Balaban J connectivity index is 1.99. The zero-order chi connectivity index (χ0) is 17.5. The number of hydrogen-bond acceptors (Lipinski definition) is 0. The topological polar surface area (TPSA) is 0 Å². The van der Waals surface area contributed by atoms with Gasteiger partial charge in [-0.3, -0.25) is 0 Å². The van der Waals surface area contributed by atoms with Gasteiger partial charge in [-0.2, -0.15) is 13.2 Å². The van der Waals surface area contributed by atoms with Gasteiger partial charge in [0.05, 0.1) is 0 Å². The van der Waals surface area contributed by atoms with E-state index in [1.165, 1.54) is 0 Å². The molecule has 0 aromatic heterocycles. The third-order valence-electron chi connectivity index (χ3n) is 4.69. The summed E-state index contributed by atoms with van der Waals surface area (Å²) in [6, 6.07) is 25.9. The van der Waals surface area contributed by atoms with Crippen molar-refractivity contribution < 1.29 is 13.2 Å². The molecule has 3 aromatic rings. The van der Waals surface area contributed by atoms with Crippen molar-refractivity contribution >= 4 is 11.1 Å². The van der Waals surface area contributed by atoms with Gasteiger partial charge < -0.3 is 0 Å². The van der Waals surface area contributed by atoms with Gasteiger partial charge in [-0.15, -0.1) is 0 Å². The third-order valence-corrected chi connectivity index (χ3v) is 4.69. The van der Waals surface area contributed by atoms with E-state index in [0.29, 0.717) is 22.3 Å². The molecule has 0 saturated heterocycles. The molecule has 0 spiro atoms. The van der Waals surface area contributed by atoms with E-state index in [9.17, 15) is 13.2 Å². The van der Waals surface area contributed by atoms with E-state index in [2.05, 4.69) is 0 Å². The normalized spacial score (nSPS) is 16.0. The molecule has 3 aromatic carbocycles. The first kappa shape index (κ1) is 15.7. The molecule has 0 unspecified atom stereocenters. The number of hydrogen-bond donors (Lipinski definition) is 0. The highest BCUT2D eigenvalue weighted by atomic mass is 19.4. The van der Waals surface area contributed by atoms with E-state index >= 15 is 0 Å². The highest BCUT2D eigenvalue weighted by Crippen LogP contribution is 2.70. The smallest absolute Gasteiger partial charge is 0.169 e. The van der Waals surface area contributed by atoms with Crippen LogP contribution in [-0.2, 0) is 5.41 Å². The first-order chi connectivity index (χ1) is 12.1. The minimum absolute atomic E-state index is 0.264. The second kappa shape index (κ2) is 5.62. The van der Waals surface area contributed by atoms with E-state index < -0.39 is 11.6 Å². The quantitative estimate of drug-likeness (QED) is 0.541. The van der Waals surface area contributed by atoms with Gasteiger partial charge >= 0.3 is 6.18 Å². The van der Waals surface area contributed by atoms with Crippen LogP contribution in [0.1, 0.15) is 16.7 Å². The Kier molecular flexibility index (Phi) is 3.53. The number of halogens is 3. The first-order valence-electron chi connectivity index (χ1n) is 8.05. The SMILES string of the molecule is FC(F)(F)C1(c2ccccc2)C(c2ccccc2)=C1c1ccccc1. The van der Waals surface area contributed by atoms with Crippen LogP contribution in [0.4, 0.5) is 13.2 Å². The molecule has 0 bridgehead atoms. The molecule has 3 heteroatoms. The number of rotatable bonds is 3. The van der Waals surface area contributed by atoms with Gasteiger partial charge in [-0.1, -0.05) is 91.0 Å². The van der Waals surface area contributed by atoms with Crippen LogP contribution in [-0.4, -0.2) is 6.18 Å². The lowest BCUT2D eigenvalue weighted by Gasteiger charge is -2.25. The Morgan fingerprint density at radius 3 is 1.24 bits per heavy atom. The zero-order valence-corrected chi connectivity index (χ0v) is 13.3.